The fraction of sp³-hybridized carbons (Fsp3) is 0.538. The van der Waals surface area contributed by atoms with E-state index < -0.39 is 0 Å². The molecule has 1 aliphatic heterocycles. The molecule has 1 atom stereocenters. The molecule has 0 saturated carbocycles. The number of halogens is 2. The van der Waals surface area contributed by atoms with E-state index in [1.807, 2.05) is 0 Å². The molecular weight excluding hydrogens is 285 g/mol. The summed E-state index contributed by atoms with van der Waals surface area (Å²) in [6, 6.07) is 4.70. The van der Waals surface area contributed by atoms with E-state index in [0.717, 1.165) is 36.2 Å². The van der Waals surface area contributed by atoms with Crippen molar-refractivity contribution in [2.75, 3.05) is 18.5 Å². The van der Waals surface area contributed by atoms with Crippen molar-refractivity contribution in [2.24, 2.45) is 0 Å². The molecule has 2 nitrogen and oxygen atoms in total. The van der Waals surface area contributed by atoms with Gasteiger partial charge in [0.25, 0.3) is 0 Å². The fourth-order valence-corrected chi connectivity index (χ4v) is 2.55. The second-order valence-corrected chi connectivity index (χ2v) is 5.18. The van der Waals surface area contributed by atoms with Gasteiger partial charge in [0.05, 0.1) is 6.10 Å². The molecular formula is C13H17BrFNO. The molecule has 94 valence electrons. The predicted molar refractivity (Wildman–Crippen MR) is 70.8 cm³/mol. The summed E-state index contributed by atoms with van der Waals surface area (Å²) in [4.78, 5) is 0. The highest BCUT2D eigenvalue weighted by atomic mass is 79.9. The Kier molecular flexibility index (Phi) is 4.80. The average Bonchev–Trinajstić information content (AvgIpc) is 2.79. The Morgan fingerprint density at radius 1 is 1.47 bits per heavy atom. The molecule has 0 radical (unpaired) electrons. The number of hydrogen-bond donors (Lipinski definition) is 1. The Morgan fingerprint density at radius 3 is 3.06 bits per heavy atom. The van der Waals surface area contributed by atoms with E-state index in [1.165, 1.54) is 25.0 Å². The molecule has 0 aromatic heterocycles. The summed E-state index contributed by atoms with van der Waals surface area (Å²) in [6.07, 6.45) is 5.02. The van der Waals surface area contributed by atoms with Crippen LogP contribution < -0.4 is 5.32 Å². The van der Waals surface area contributed by atoms with Crippen molar-refractivity contribution in [1.29, 1.82) is 0 Å². The first-order chi connectivity index (χ1) is 8.25. The average molecular weight is 302 g/mol. The highest BCUT2D eigenvalue weighted by Crippen LogP contribution is 2.23. The summed E-state index contributed by atoms with van der Waals surface area (Å²) < 4.78 is 19.2. The van der Waals surface area contributed by atoms with Crippen LogP contribution in [0, 0.1) is 5.82 Å². The van der Waals surface area contributed by atoms with Gasteiger partial charge in [0.2, 0.25) is 0 Å². The van der Waals surface area contributed by atoms with Gasteiger partial charge < -0.3 is 10.1 Å². The Bertz CT molecular complexity index is 366. The summed E-state index contributed by atoms with van der Waals surface area (Å²) in [5, 5.41) is 3.30. The highest BCUT2D eigenvalue weighted by Gasteiger charge is 2.14. The zero-order chi connectivity index (χ0) is 12.1. The third kappa shape index (κ3) is 3.96. The number of nitrogens with one attached hydrogen (secondary N) is 1. The van der Waals surface area contributed by atoms with Crippen LogP contribution in [0.5, 0.6) is 0 Å². The molecule has 0 bridgehead atoms. The Labute approximate surface area is 110 Å². The van der Waals surface area contributed by atoms with Gasteiger partial charge in [0.15, 0.2) is 0 Å². The van der Waals surface area contributed by atoms with Gasteiger partial charge in [-0.1, -0.05) is 0 Å². The zero-order valence-electron chi connectivity index (χ0n) is 9.72. The SMILES string of the molecule is Fc1ccc(NCCCC2CCCO2)c(Br)c1. The standard InChI is InChI=1S/C13H17BrFNO/c14-12-9-10(15)5-6-13(12)16-7-1-3-11-4-2-8-17-11/h5-6,9,11,16H,1-4,7-8H2. The Morgan fingerprint density at radius 2 is 2.35 bits per heavy atom. The van der Waals surface area contributed by atoms with Crippen molar-refractivity contribution in [3.8, 4) is 0 Å². The largest absolute Gasteiger partial charge is 0.384 e. The topological polar surface area (TPSA) is 21.3 Å². The van der Waals surface area contributed by atoms with Gasteiger partial charge in [-0.3, -0.25) is 0 Å². The lowest BCUT2D eigenvalue weighted by molar-refractivity contribution is 0.103. The molecule has 1 fully saturated rings. The summed E-state index contributed by atoms with van der Waals surface area (Å²) in [7, 11) is 0. The quantitative estimate of drug-likeness (QED) is 0.831. The molecule has 0 aliphatic carbocycles. The van der Waals surface area contributed by atoms with Crippen molar-refractivity contribution in [3.63, 3.8) is 0 Å². The van der Waals surface area contributed by atoms with Crippen LogP contribution in [0.25, 0.3) is 0 Å². The maximum Gasteiger partial charge on any atom is 0.124 e. The number of ether oxygens (including phenoxy) is 1. The number of rotatable bonds is 5. The molecule has 1 aromatic rings. The molecule has 1 aliphatic rings. The van der Waals surface area contributed by atoms with E-state index in [0.29, 0.717) is 6.10 Å². The van der Waals surface area contributed by atoms with Gasteiger partial charge in [0.1, 0.15) is 5.82 Å². The Balaban J connectivity index is 1.70. The second kappa shape index (κ2) is 6.36. The van der Waals surface area contributed by atoms with E-state index in [-0.39, 0.29) is 5.82 Å². The number of hydrogen-bond acceptors (Lipinski definition) is 2. The van der Waals surface area contributed by atoms with E-state index >= 15 is 0 Å². The molecule has 0 amide bonds. The maximum atomic E-state index is 12.9. The molecule has 1 unspecified atom stereocenters. The fourth-order valence-electron chi connectivity index (χ4n) is 2.06. The van der Waals surface area contributed by atoms with Crippen LogP contribution in [0.4, 0.5) is 10.1 Å². The first-order valence-electron chi connectivity index (χ1n) is 6.06. The van der Waals surface area contributed by atoms with Crippen LogP contribution in [-0.2, 0) is 4.74 Å². The van der Waals surface area contributed by atoms with Gasteiger partial charge in [0, 0.05) is 23.3 Å². The lowest BCUT2D eigenvalue weighted by Crippen LogP contribution is -2.09. The molecule has 1 N–H and O–H groups in total. The molecule has 17 heavy (non-hydrogen) atoms. The van der Waals surface area contributed by atoms with Crippen molar-refractivity contribution in [3.05, 3.63) is 28.5 Å². The highest BCUT2D eigenvalue weighted by molar-refractivity contribution is 9.10. The van der Waals surface area contributed by atoms with E-state index in [9.17, 15) is 4.39 Å². The third-order valence-electron chi connectivity index (χ3n) is 2.97. The minimum Gasteiger partial charge on any atom is -0.384 e. The molecule has 1 saturated heterocycles. The summed E-state index contributed by atoms with van der Waals surface area (Å²) >= 11 is 3.34. The minimum atomic E-state index is -0.221. The smallest absolute Gasteiger partial charge is 0.124 e. The molecule has 1 aromatic carbocycles. The van der Waals surface area contributed by atoms with Crippen LogP contribution in [0.1, 0.15) is 25.7 Å². The molecule has 4 heteroatoms. The molecule has 1 heterocycles. The molecule has 0 spiro atoms. The van der Waals surface area contributed by atoms with Crippen molar-refractivity contribution in [2.45, 2.75) is 31.8 Å². The monoisotopic (exact) mass is 301 g/mol. The predicted octanol–water partition coefficient (Wildman–Crippen LogP) is 3.96. The van der Waals surface area contributed by atoms with Crippen LogP contribution in [-0.4, -0.2) is 19.3 Å². The van der Waals surface area contributed by atoms with Gasteiger partial charge in [-0.05, 0) is 59.8 Å². The van der Waals surface area contributed by atoms with E-state index in [2.05, 4.69) is 21.2 Å². The zero-order valence-corrected chi connectivity index (χ0v) is 11.3. The number of benzene rings is 1. The van der Waals surface area contributed by atoms with Gasteiger partial charge >= 0.3 is 0 Å². The Hall–Kier alpha value is -0.610. The van der Waals surface area contributed by atoms with Gasteiger partial charge in [-0.25, -0.2) is 4.39 Å². The normalized spacial score (nSPS) is 19.5. The van der Waals surface area contributed by atoms with Crippen LogP contribution in [0.15, 0.2) is 22.7 Å². The first kappa shape index (κ1) is 12.8. The lowest BCUT2D eigenvalue weighted by Gasteiger charge is -2.11. The second-order valence-electron chi connectivity index (χ2n) is 4.33. The van der Waals surface area contributed by atoms with Crippen molar-refractivity contribution >= 4 is 21.6 Å². The van der Waals surface area contributed by atoms with Crippen molar-refractivity contribution in [1.82, 2.24) is 0 Å². The van der Waals surface area contributed by atoms with Crippen LogP contribution in [0.3, 0.4) is 0 Å². The third-order valence-corrected chi connectivity index (χ3v) is 3.63. The van der Waals surface area contributed by atoms with Crippen molar-refractivity contribution < 1.29 is 9.13 Å². The summed E-state index contributed by atoms with van der Waals surface area (Å²) in [5.74, 6) is -0.221. The first-order valence-corrected chi connectivity index (χ1v) is 6.85. The minimum absolute atomic E-state index is 0.221. The van der Waals surface area contributed by atoms with Gasteiger partial charge in [-0.2, -0.15) is 0 Å². The number of anilines is 1. The van der Waals surface area contributed by atoms with Gasteiger partial charge in [-0.15, -0.1) is 0 Å². The van der Waals surface area contributed by atoms with Crippen LogP contribution in [0.2, 0.25) is 0 Å². The molecule has 2 rings (SSSR count). The van der Waals surface area contributed by atoms with Crippen LogP contribution >= 0.6 is 15.9 Å². The lowest BCUT2D eigenvalue weighted by atomic mass is 10.1. The maximum absolute atomic E-state index is 12.9. The summed E-state index contributed by atoms with van der Waals surface area (Å²) in [5.41, 5.74) is 0.943. The van der Waals surface area contributed by atoms with E-state index in [1.54, 1.807) is 6.07 Å². The summed E-state index contributed by atoms with van der Waals surface area (Å²) in [6.45, 7) is 1.81. The van der Waals surface area contributed by atoms with E-state index in [4.69, 9.17) is 4.74 Å².